The fraction of sp³-hybridized carbons (Fsp3) is 0.750. The molecule has 16 heavy (non-hydrogen) atoms. The molecule has 2 nitrogen and oxygen atoms in total. The van der Waals surface area contributed by atoms with Crippen LogP contribution in [0.1, 0.15) is 38.6 Å². The molecule has 1 aromatic heterocycles. The van der Waals surface area contributed by atoms with Crippen molar-refractivity contribution in [1.82, 2.24) is 9.78 Å². The highest BCUT2D eigenvalue weighted by Crippen LogP contribution is 2.24. The molecule has 1 rings (SSSR count). The van der Waals surface area contributed by atoms with Crippen LogP contribution in [0.4, 0.5) is 0 Å². The third kappa shape index (κ3) is 3.14. The standard InChI is InChI=1S/C12H20Cl2N2/c1-4-10-12(14)11(16(5-2)15-10)7-6-9(3)8-13/h9H,4-8H2,1-3H3. The van der Waals surface area contributed by atoms with Gasteiger partial charge in [-0.05, 0) is 32.1 Å². The zero-order valence-corrected chi connectivity index (χ0v) is 11.8. The lowest BCUT2D eigenvalue weighted by Crippen LogP contribution is -2.06. The Hall–Kier alpha value is -0.210. The molecule has 0 saturated heterocycles. The number of hydrogen-bond acceptors (Lipinski definition) is 1. The predicted molar refractivity (Wildman–Crippen MR) is 70.5 cm³/mol. The van der Waals surface area contributed by atoms with Crippen LogP contribution in [0.3, 0.4) is 0 Å². The number of rotatable bonds is 6. The zero-order chi connectivity index (χ0) is 12.1. The molecule has 0 aliphatic rings. The number of hydrogen-bond donors (Lipinski definition) is 0. The number of aryl methyl sites for hydroxylation is 2. The van der Waals surface area contributed by atoms with Crippen molar-refractivity contribution >= 4 is 23.2 Å². The van der Waals surface area contributed by atoms with Gasteiger partial charge in [-0.3, -0.25) is 4.68 Å². The predicted octanol–water partition coefficient (Wildman–Crippen LogP) is 3.93. The van der Waals surface area contributed by atoms with Gasteiger partial charge < -0.3 is 0 Å². The van der Waals surface area contributed by atoms with Gasteiger partial charge in [0.1, 0.15) is 0 Å². The molecule has 0 bridgehead atoms. The Morgan fingerprint density at radius 1 is 1.38 bits per heavy atom. The monoisotopic (exact) mass is 262 g/mol. The van der Waals surface area contributed by atoms with Crippen molar-refractivity contribution in [2.45, 2.75) is 46.6 Å². The summed E-state index contributed by atoms with van der Waals surface area (Å²) in [4.78, 5) is 0. The van der Waals surface area contributed by atoms with Gasteiger partial charge in [-0.1, -0.05) is 25.4 Å². The van der Waals surface area contributed by atoms with Gasteiger partial charge in [0.05, 0.1) is 16.4 Å². The minimum absolute atomic E-state index is 0.531. The molecule has 1 aromatic rings. The van der Waals surface area contributed by atoms with E-state index in [1.165, 1.54) is 0 Å². The van der Waals surface area contributed by atoms with Crippen LogP contribution in [0.5, 0.6) is 0 Å². The molecule has 4 heteroatoms. The Kier molecular flexibility index (Phi) is 5.63. The normalized spacial score (nSPS) is 13.1. The molecule has 0 aliphatic carbocycles. The Bertz CT molecular complexity index is 334. The number of aromatic nitrogens is 2. The lowest BCUT2D eigenvalue weighted by molar-refractivity contribution is 0.550. The van der Waals surface area contributed by atoms with E-state index in [-0.39, 0.29) is 0 Å². The summed E-state index contributed by atoms with van der Waals surface area (Å²) < 4.78 is 2.02. The highest BCUT2D eigenvalue weighted by Gasteiger charge is 2.14. The van der Waals surface area contributed by atoms with Gasteiger partial charge in [0, 0.05) is 12.4 Å². The summed E-state index contributed by atoms with van der Waals surface area (Å²) in [5, 5.41) is 5.36. The molecule has 0 saturated carbocycles. The first-order valence-electron chi connectivity index (χ1n) is 5.93. The fourth-order valence-electron chi connectivity index (χ4n) is 1.72. The van der Waals surface area contributed by atoms with Crippen molar-refractivity contribution < 1.29 is 0 Å². The topological polar surface area (TPSA) is 17.8 Å². The molecular formula is C12H20Cl2N2. The lowest BCUT2D eigenvalue weighted by atomic mass is 10.1. The van der Waals surface area contributed by atoms with Crippen LogP contribution in [0.15, 0.2) is 0 Å². The Morgan fingerprint density at radius 3 is 2.56 bits per heavy atom. The van der Waals surface area contributed by atoms with E-state index in [0.717, 1.165) is 42.2 Å². The molecule has 0 aliphatic heterocycles. The molecule has 1 unspecified atom stereocenters. The van der Waals surface area contributed by atoms with Gasteiger partial charge in [-0.15, -0.1) is 11.6 Å². The van der Waals surface area contributed by atoms with E-state index in [1.54, 1.807) is 0 Å². The summed E-state index contributed by atoms with van der Waals surface area (Å²) in [6, 6.07) is 0. The molecule has 1 heterocycles. The first-order chi connectivity index (χ1) is 7.63. The van der Waals surface area contributed by atoms with E-state index in [0.29, 0.717) is 11.8 Å². The second-order valence-corrected chi connectivity index (χ2v) is 4.86. The van der Waals surface area contributed by atoms with Crippen LogP contribution in [-0.4, -0.2) is 15.7 Å². The molecule has 92 valence electrons. The molecule has 0 amide bonds. The Labute approximate surface area is 108 Å². The molecule has 0 spiro atoms. The highest BCUT2D eigenvalue weighted by molar-refractivity contribution is 6.31. The SMILES string of the molecule is CCc1nn(CC)c(CCC(C)CCl)c1Cl. The molecule has 0 radical (unpaired) electrons. The van der Waals surface area contributed by atoms with Crippen LogP contribution in [0.2, 0.25) is 5.02 Å². The lowest BCUT2D eigenvalue weighted by Gasteiger charge is -2.08. The van der Waals surface area contributed by atoms with Crippen molar-refractivity contribution in [2.75, 3.05) is 5.88 Å². The second kappa shape index (κ2) is 6.51. The minimum Gasteiger partial charge on any atom is -0.268 e. The van der Waals surface area contributed by atoms with Crippen molar-refractivity contribution in [3.63, 3.8) is 0 Å². The molecular weight excluding hydrogens is 243 g/mol. The number of alkyl halides is 1. The van der Waals surface area contributed by atoms with Crippen molar-refractivity contribution in [3.05, 3.63) is 16.4 Å². The Balaban J connectivity index is 2.80. The van der Waals surface area contributed by atoms with E-state index in [2.05, 4.69) is 25.9 Å². The smallest absolute Gasteiger partial charge is 0.0849 e. The average Bonchev–Trinajstić information content (AvgIpc) is 2.62. The first kappa shape index (κ1) is 13.9. The minimum atomic E-state index is 0.531. The second-order valence-electron chi connectivity index (χ2n) is 4.17. The van der Waals surface area contributed by atoms with E-state index >= 15 is 0 Å². The fourth-order valence-corrected chi connectivity index (χ4v) is 2.23. The van der Waals surface area contributed by atoms with E-state index < -0.39 is 0 Å². The van der Waals surface area contributed by atoms with Crippen LogP contribution >= 0.6 is 23.2 Å². The zero-order valence-electron chi connectivity index (χ0n) is 10.3. The summed E-state index contributed by atoms with van der Waals surface area (Å²) in [6.07, 6.45) is 2.93. The van der Waals surface area contributed by atoms with Gasteiger partial charge >= 0.3 is 0 Å². The van der Waals surface area contributed by atoms with E-state index in [4.69, 9.17) is 23.2 Å². The summed E-state index contributed by atoms with van der Waals surface area (Å²) in [6.45, 7) is 7.22. The van der Waals surface area contributed by atoms with E-state index in [9.17, 15) is 0 Å². The van der Waals surface area contributed by atoms with E-state index in [1.807, 2.05) is 4.68 Å². The summed E-state index contributed by atoms with van der Waals surface area (Å²) in [7, 11) is 0. The number of nitrogens with zero attached hydrogens (tertiary/aromatic N) is 2. The van der Waals surface area contributed by atoms with Crippen LogP contribution in [-0.2, 0) is 19.4 Å². The maximum atomic E-state index is 6.32. The van der Waals surface area contributed by atoms with Crippen molar-refractivity contribution in [2.24, 2.45) is 5.92 Å². The largest absolute Gasteiger partial charge is 0.268 e. The molecule has 0 aromatic carbocycles. The van der Waals surface area contributed by atoms with Crippen molar-refractivity contribution in [1.29, 1.82) is 0 Å². The maximum Gasteiger partial charge on any atom is 0.0849 e. The summed E-state index contributed by atoms with van der Waals surface area (Å²) >= 11 is 12.1. The molecule has 0 N–H and O–H groups in total. The summed E-state index contributed by atoms with van der Waals surface area (Å²) in [5.41, 5.74) is 2.18. The van der Waals surface area contributed by atoms with Gasteiger partial charge in [-0.25, -0.2) is 0 Å². The van der Waals surface area contributed by atoms with Crippen LogP contribution in [0, 0.1) is 5.92 Å². The average molecular weight is 263 g/mol. The summed E-state index contributed by atoms with van der Waals surface area (Å²) in [5.74, 6) is 1.24. The molecule has 0 fully saturated rings. The third-order valence-corrected chi connectivity index (χ3v) is 3.79. The quantitative estimate of drug-likeness (QED) is 0.711. The maximum absolute atomic E-state index is 6.32. The third-order valence-electron chi connectivity index (χ3n) is 2.83. The van der Waals surface area contributed by atoms with Gasteiger partial charge in [-0.2, -0.15) is 5.10 Å². The van der Waals surface area contributed by atoms with Crippen molar-refractivity contribution in [3.8, 4) is 0 Å². The Morgan fingerprint density at radius 2 is 2.06 bits per heavy atom. The highest BCUT2D eigenvalue weighted by atomic mass is 35.5. The van der Waals surface area contributed by atoms with Gasteiger partial charge in [0.2, 0.25) is 0 Å². The molecule has 1 atom stereocenters. The van der Waals surface area contributed by atoms with Gasteiger partial charge in [0.25, 0.3) is 0 Å². The number of halogens is 2. The van der Waals surface area contributed by atoms with Crippen LogP contribution in [0.25, 0.3) is 0 Å². The first-order valence-corrected chi connectivity index (χ1v) is 6.85. The van der Waals surface area contributed by atoms with Crippen LogP contribution < -0.4 is 0 Å². The van der Waals surface area contributed by atoms with Gasteiger partial charge in [0.15, 0.2) is 0 Å².